The molecular formula is C11H18O2. The van der Waals surface area contributed by atoms with Crippen LogP contribution in [-0.2, 0) is 4.79 Å². The molecule has 0 aromatic carbocycles. The molecule has 0 saturated carbocycles. The van der Waals surface area contributed by atoms with Crippen LogP contribution in [0.3, 0.4) is 0 Å². The monoisotopic (exact) mass is 182 g/mol. The van der Waals surface area contributed by atoms with Crippen LogP contribution in [-0.4, -0.2) is 11.1 Å². The normalized spacial score (nSPS) is 23.4. The van der Waals surface area contributed by atoms with Crippen molar-refractivity contribution in [2.45, 2.75) is 46.0 Å². The van der Waals surface area contributed by atoms with Crippen LogP contribution in [0.2, 0.25) is 0 Å². The second-order valence-electron chi connectivity index (χ2n) is 4.10. The van der Waals surface area contributed by atoms with Gasteiger partial charge in [-0.25, -0.2) is 0 Å². The number of rotatable bonds is 3. The Balaban J connectivity index is 2.36. The van der Waals surface area contributed by atoms with Gasteiger partial charge in [0.1, 0.15) is 0 Å². The lowest BCUT2D eigenvalue weighted by atomic mass is 9.83. The van der Waals surface area contributed by atoms with Crippen LogP contribution in [0, 0.1) is 5.92 Å². The van der Waals surface area contributed by atoms with Gasteiger partial charge in [-0.3, -0.25) is 4.79 Å². The molecule has 0 saturated heterocycles. The molecule has 1 aliphatic rings. The number of hydrogen-bond acceptors (Lipinski definition) is 1. The summed E-state index contributed by atoms with van der Waals surface area (Å²) in [5.74, 6) is -0.0521. The van der Waals surface area contributed by atoms with E-state index in [1.54, 1.807) is 0 Å². The zero-order valence-electron chi connectivity index (χ0n) is 8.47. The second-order valence-corrected chi connectivity index (χ2v) is 4.10. The Bertz CT molecular complexity index is 228. The molecule has 2 heteroatoms. The van der Waals surface area contributed by atoms with Gasteiger partial charge >= 0.3 is 5.97 Å². The SMILES string of the molecule is CC1=C(C)C[C@H](CCC(=O)O)CC1. The molecule has 0 radical (unpaired) electrons. The lowest BCUT2D eigenvalue weighted by Gasteiger charge is -2.23. The predicted molar refractivity (Wildman–Crippen MR) is 52.6 cm³/mol. The van der Waals surface area contributed by atoms with Crippen LogP contribution in [0.4, 0.5) is 0 Å². The van der Waals surface area contributed by atoms with Crippen molar-refractivity contribution in [3.8, 4) is 0 Å². The Morgan fingerprint density at radius 1 is 1.46 bits per heavy atom. The lowest BCUT2D eigenvalue weighted by Crippen LogP contribution is -2.10. The third-order valence-electron chi connectivity index (χ3n) is 3.02. The van der Waals surface area contributed by atoms with E-state index >= 15 is 0 Å². The number of carboxylic acids is 1. The zero-order valence-corrected chi connectivity index (χ0v) is 8.47. The molecule has 0 bridgehead atoms. The Kier molecular flexibility index (Phi) is 3.52. The number of carboxylic acid groups (broad SMARTS) is 1. The van der Waals surface area contributed by atoms with E-state index < -0.39 is 5.97 Å². The van der Waals surface area contributed by atoms with Gasteiger partial charge in [-0.05, 0) is 45.4 Å². The maximum Gasteiger partial charge on any atom is 0.303 e. The molecule has 1 rings (SSSR count). The van der Waals surface area contributed by atoms with E-state index in [0.29, 0.717) is 12.3 Å². The average molecular weight is 182 g/mol. The topological polar surface area (TPSA) is 37.3 Å². The molecule has 0 fully saturated rings. The fourth-order valence-electron chi connectivity index (χ4n) is 1.92. The Hall–Kier alpha value is -0.790. The van der Waals surface area contributed by atoms with Crippen molar-refractivity contribution >= 4 is 5.97 Å². The first-order valence-corrected chi connectivity index (χ1v) is 4.96. The third kappa shape index (κ3) is 3.21. The molecule has 0 aliphatic heterocycles. The van der Waals surface area contributed by atoms with Crippen LogP contribution in [0.25, 0.3) is 0 Å². The quantitative estimate of drug-likeness (QED) is 0.681. The van der Waals surface area contributed by atoms with Crippen molar-refractivity contribution in [2.24, 2.45) is 5.92 Å². The van der Waals surface area contributed by atoms with Gasteiger partial charge in [-0.2, -0.15) is 0 Å². The lowest BCUT2D eigenvalue weighted by molar-refractivity contribution is -0.137. The van der Waals surface area contributed by atoms with Crippen molar-refractivity contribution in [3.05, 3.63) is 11.1 Å². The summed E-state index contributed by atoms with van der Waals surface area (Å²) in [5, 5.41) is 8.55. The molecular weight excluding hydrogens is 164 g/mol. The summed E-state index contributed by atoms with van der Waals surface area (Å²) in [6, 6.07) is 0. The van der Waals surface area contributed by atoms with Crippen molar-refractivity contribution < 1.29 is 9.90 Å². The molecule has 0 aromatic rings. The first-order valence-electron chi connectivity index (χ1n) is 4.96. The Labute approximate surface area is 79.6 Å². The van der Waals surface area contributed by atoms with Gasteiger partial charge < -0.3 is 5.11 Å². The van der Waals surface area contributed by atoms with E-state index in [9.17, 15) is 4.79 Å². The van der Waals surface area contributed by atoms with E-state index in [0.717, 1.165) is 19.3 Å². The highest BCUT2D eigenvalue weighted by atomic mass is 16.4. The summed E-state index contributed by atoms with van der Waals surface area (Å²) in [7, 11) is 0. The minimum atomic E-state index is -0.663. The third-order valence-corrected chi connectivity index (χ3v) is 3.02. The van der Waals surface area contributed by atoms with Crippen molar-refractivity contribution in [2.75, 3.05) is 0 Å². The molecule has 0 amide bonds. The van der Waals surface area contributed by atoms with Gasteiger partial charge in [0.25, 0.3) is 0 Å². The van der Waals surface area contributed by atoms with Crippen LogP contribution in [0.5, 0.6) is 0 Å². The highest BCUT2D eigenvalue weighted by Crippen LogP contribution is 2.31. The molecule has 74 valence electrons. The fraction of sp³-hybridized carbons (Fsp3) is 0.727. The van der Waals surface area contributed by atoms with E-state index in [4.69, 9.17) is 5.11 Å². The van der Waals surface area contributed by atoms with E-state index in [1.165, 1.54) is 17.6 Å². The van der Waals surface area contributed by atoms with Gasteiger partial charge in [0.15, 0.2) is 0 Å². The van der Waals surface area contributed by atoms with Gasteiger partial charge in [-0.15, -0.1) is 0 Å². The van der Waals surface area contributed by atoms with Crippen molar-refractivity contribution in [1.29, 1.82) is 0 Å². The van der Waals surface area contributed by atoms with Crippen molar-refractivity contribution in [1.82, 2.24) is 0 Å². The molecule has 0 spiro atoms. The second kappa shape index (κ2) is 4.45. The highest BCUT2D eigenvalue weighted by molar-refractivity contribution is 5.66. The maximum atomic E-state index is 10.4. The highest BCUT2D eigenvalue weighted by Gasteiger charge is 2.16. The molecule has 13 heavy (non-hydrogen) atoms. The maximum absolute atomic E-state index is 10.4. The number of carbonyl (C=O) groups is 1. The molecule has 1 N–H and O–H groups in total. The Morgan fingerprint density at radius 3 is 2.69 bits per heavy atom. The van der Waals surface area contributed by atoms with E-state index in [-0.39, 0.29) is 0 Å². The summed E-state index contributed by atoms with van der Waals surface area (Å²) in [5.41, 5.74) is 2.98. The zero-order chi connectivity index (χ0) is 9.84. The first kappa shape index (κ1) is 10.3. The fourth-order valence-corrected chi connectivity index (χ4v) is 1.92. The summed E-state index contributed by atoms with van der Waals surface area (Å²) < 4.78 is 0. The summed E-state index contributed by atoms with van der Waals surface area (Å²) in [4.78, 5) is 10.4. The average Bonchev–Trinajstić information content (AvgIpc) is 2.07. The molecule has 0 heterocycles. The largest absolute Gasteiger partial charge is 0.481 e. The standard InChI is InChI=1S/C11H18O2/c1-8-3-4-10(7-9(8)2)5-6-11(12)13/h10H,3-7H2,1-2H3,(H,12,13)/t10-/m0/s1. The molecule has 0 unspecified atom stereocenters. The number of aliphatic carboxylic acids is 1. The van der Waals surface area contributed by atoms with Crippen LogP contribution < -0.4 is 0 Å². The Morgan fingerprint density at radius 2 is 2.15 bits per heavy atom. The first-order chi connectivity index (χ1) is 6.09. The van der Waals surface area contributed by atoms with Gasteiger partial charge in [-0.1, -0.05) is 11.1 Å². The van der Waals surface area contributed by atoms with Crippen molar-refractivity contribution in [3.63, 3.8) is 0 Å². The summed E-state index contributed by atoms with van der Waals surface area (Å²) >= 11 is 0. The predicted octanol–water partition coefficient (Wildman–Crippen LogP) is 2.99. The molecule has 1 atom stereocenters. The number of allylic oxidation sites excluding steroid dienone is 2. The molecule has 2 nitrogen and oxygen atoms in total. The molecule has 0 aromatic heterocycles. The van der Waals surface area contributed by atoms with Crippen LogP contribution in [0.1, 0.15) is 46.0 Å². The minimum absolute atomic E-state index is 0.330. The van der Waals surface area contributed by atoms with Gasteiger partial charge in [0, 0.05) is 6.42 Å². The van der Waals surface area contributed by atoms with E-state index in [1.807, 2.05) is 0 Å². The number of hydrogen-bond donors (Lipinski definition) is 1. The van der Waals surface area contributed by atoms with Gasteiger partial charge in [0.05, 0.1) is 0 Å². The summed E-state index contributed by atoms with van der Waals surface area (Å²) in [6.45, 7) is 4.35. The summed E-state index contributed by atoms with van der Waals surface area (Å²) in [6.07, 6.45) is 4.63. The van der Waals surface area contributed by atoms with Crippen LogP contribution >= 0.6 is 0 Å². The van der Waals surface area contributed by atoms with Crippen LogP contribution in [0.15, 0.2) is 11.1 Å². The minimum Gasteiger partial charge on any atom is -0.481 e. The smallest absolute Gasteiger partial charge is 0.303 e. The van der Waals surface area contributed by atoms with Gasteiger partial charge in [0.2, 0.25) is 0 Å². The van der Waals surface area contributed by atoms with E-state index in [2.05, 4.69) is 13.8 Å². The molecule has 1 aliphatic carbocycles.